The van der Waals surface area contributed by atoms with E-state index in [0.29, 0.717) is 11.7 Å². The number of methoxy groups -OCH3 is 1. The Morgan fingerprint density at radius 1 is 1.21 bits per heavy atom. The van der Waals surface area contributed by atoms with E-state index in [1.54, 1.807) is 0 Å². The quantitative estimate of drug-likeness (QED) is 0.775. The Hall–Kier alpha value is -2.10. The summed E-state index contributed by atoms with van der Waals surface area (Å²) in [6, 6.07) is 9.42. The predicted molar refractivity (Wildman–Crippen MR) is 72.0 cm³/mol. The van der Waals surface area contributed by atoms with E-state index in [4.69, 9.17) is 9.15 Å². The zero-order chi connectivity index (χ0) is 14.0. The molecule has 0 spiro atoms. The van der Waals surface area contributed by atoms with Gasteiger partial charge in [0.1, 0.15) is 0 Å². The van der Waals surface area contributed by atoms with Crippen LogP contribution in [-0.2, 0) is 10.2 Å². The van der Waals surface area contributed by atoms with Gasteiger partial charge in [0.15, 0.2) is 11.5 Å². The highest BCUT2D eigenvalue weighted by molar-refractivity contribution is 5.93. The average molecular weight is 259 g/mol. The number of ether oxygens (including phenoxy) is 1. The Labute approximate surface area is 112 Å². The first kappa shape index (κ1) is 13.3. The van der Waals surface area contributed by atoms with Crippen LogP contribution in [0.1, 0.15) is 37.2 Å². The first-order valence-corrected chi connectivity index (χ1v) is 6.08. The molecule has 4 nitrogen and oxygen atoms in total. The molecule has 0 unspecified atom stereocenters. The van der Waals surface area contributed by atoms with Crippen LogP contribution in [0, 0.1) is 0 Å². The van der Waals surface area contributed by atoms with E-state index in [0.717, 1.165) is 5.56 Å². The Kier molecular flexibility index (Phi) is 3.42. The zero-order valence-electron chi connectivity index (χ0n) is 11.6. The van der Waals surface area contributed by atoms with Crippen LogP contribution in [0.2, 0.25) is 0 Å². The lowest BCUT2D eigenvalue weighted by atomic mass is 9.97. The van der Waals surface area contributed by atoms with Crippen LogP contribution in [0.3, 0.4) is 0 Å². The van der Waals surface area contributed by atoms with E-state index >= 15 is 0 Å². The lowest BCUT2D eigenvalue weighted by Gasteiger charge is -2.12. The third-order valence-corrected chi connectivity index (χ3v) is 2.68. The molecule has 100 valence electrons. The molecule has 0 atom stereocenters. The minimum atomic E-state index is -0.488. The van der Waals surface area contributed by atoms with Crippen LogP contribution in [0.4, 0.5) is 0 Å². The van der Waals surface area contributed by atoms with Crippen molar-refractivity contribution >= 4 is 5.97 Å². The number of benzene rings is 1. The molecular formula is C15H17NO3. The summed E-state index contributed by atoms with van der Waals surface area (Å²) in [5, 5.41) is 0. The van der Waals surface area contributed by atoms with Crippen molar-refractivity contribution in [3.05, 3.63) is 41.9 Å². The monoisotopic (exact) mass is 259 g/mol. The molecule has 0 radical (unpaired) electrons. The van der Waals surface area contributed by atoms with Crippen molar-refractivity contribution in [2.75, 3.05) is 7.11 Å². The standard InChI is InChI=1S/C15H17NO3/c1-15(2,3)14-16-11(13(17)18-4)12(19-14)10-8-6-5-7-9-10/h5-9H,1-4H3. The van der Waals surface area contributed by atoms with Gasteiger partial charge in [0.2, 0.25) is 5.89 Å². The molecule has 2 rings (SSSR count). The minimum absolute atomic E-state index is 0.221. The number of hydrogen-bond acceptors (Lipinski definition) is 4. The molecule has 0 saturated carbocycles. The summed E-state index contributed by atoms with van der Waals surface area (Å²) >= 11 is 0. The second-order valence-electron chi connectivity index (χ2n) is 5.30. The lowest BCUT2D eigenvalue weighted by molar-refractivity contribution is 0.0595. The second kappa shape index (κ2) is 4.88. The van der Waals surface area contributed by atoms with Gasteiger partial charge >= 0.3 is 5.97 Å². The summed E-state index contributed by atoms with van der Waals surface area (Å²) in [6.07, 6.45) is 0. The molecule has 1 aromatic heterocycles. The molecule has 0 aliphatic rings. The third kappa shape index (κ3) is 2.67. The predicted octanol–water partition coefficient (Wildman–Crippen LogP) is 3.43. The van der Waals surface area contributed by atoms with E-state index < -0.39 is 5.97 Å². The summed E-state index contributed by atoms with van der Waals surface area (Å²) in [6.45, 7) is 5.94. The van der Waals surface area contributed by atoms with Crippen LogP contribution >= 0.6 is 0 Å². The first-order chi connectivity index (χ1) is 8.93. The Bertz CT molecular complexity index is 579. The van der Waals surface area contributed by atoms with Gasteiger partial charge in [0, 0.05) is 11.0 Å². The molecule has 19 heavy (non-hydrogen) atoms. The fourth-order valence-electron chi connectivity index (χ4n) is 1.66. The van der Waals surface area contributed by atoms with Gasteiger partial charge in [0.05, 0.1) is 7.11 Å². The summed E-state index contributed by atoms with van der Waals surface area (Å²) < 4.78 is 10.5. The normalized spacial score (nSPS) is 11.4. The number of rotatable bonds is 2. The minimum Gasteiger partial charge on any atom is -0.464 e. The highest BCUT2D eigenvalue weighted by Gasteiger charge is 2.27. The third-order valence-electron chi connectivity index (χ3n) is 2.68. The number of carbonyl (C=O) groups excluding carboxylic acids is 1. The topological polar surface area (TPSA) is 52.3 Å². The summed E-state index contributed by atoms with van der Waals surface area (Å²) in [5.41, 5.74) is 0.764. The average Bonchev–Trinajstić information content (AvgIpc) is 2.83. The summed E-state index contributed by atoms with van der Waals surface area (Å²) in [7, 11) is 1.34. The van der Waals surface area contributed by atoms with Crippen molar-refractivity contribution < 1.29 is 13.9 Å². The van der Waals surface area contributed by atoms with Gasteiger partial charge in [0.25, 0.3) is 0 Å². The Morgan fingerprint density at radius 3 is 2.37 bits per heavy atom. The SMILES string of the molecule is COC(=O)c1nc(C(C)(C)C)oc1-c1ccccc1. The smallest absolute Gasteiger partial charge is 0.360 e. The molecule has 0 fully saturated rings. The van der Waals surface area contributed by atoms with Crippen molar-refractivity contribution in [2.24, 2.45) is 0 Å². The van der Waals surface area contributed by atoms with Crippen LogP contribution in [0.25, 0.3) is 11.3 Å². The molecule has 0 aliphatic carbocycles. The van der Waals surface area contributed by atoms with Crippen molar-refractivity contribution in [2.45, 2.75) is 26.2 Å². The van der Waals surface area contributed by atoms with Gasteiger partial charge in [-0.1, -0.05) is 51.1 Å². The van der Waals surface area contributed by atoms with Gasteiger partial charge in [-0.15, -0.1) is 0 Å². The zero-order valence-corrected chi connectivity index (χ0v) is 11.6. The molecule has 0 aliphatic heterocycles. The van der Waals surface area contributed by atoms with Crippen LogP contribution < -0.4 is 0 Å². The largest absolute Gasteiger partial charge is 0.464 e. The van der Waals surface area contributed by atoms with Crippen LogP contribution in [-0.4, -0.2) is 18.1 Å². The molecule has 0 bridgehead atoms. The maximum atomic E-state index is 11.8. The van der Waals surface area contributed by atoms with Gasteiger partial charge in [-0.05, 0) is 0 Å². The number of aromatic nitrogens is 1. The van der Waals surface area contributed by atoms with E-state index in [-0.39, 0.29) is 11.1 Å². The van der Waals surface area contributed by atoms with Gasteiger partial charge in [-0.2, -0.15) is 0 Å². The number of oxazole rings is 1. The first-order valence-electron chi connectivity index (χ1n) is 6.08. The fourth-order valence-corrected chi connectivity index (χ4v) is 1.66. The number of nitrogens with zero attached hydrogens (tertiary/aromatic N) is 1. The number of carbonyl (C=O) groups is 1. The van der Waals surface area contributed by atoms with Crippen molar-refractivity contribution in [3.8, 4) is 11.3 Å². The molecule has 1 heterocycles. The Morgan fingerprint density at radius 2 is 1.84 bits per heavy atom. The number of esters is 1. The van der Waals surface area contributed by atoms with Gasteiger partial charge in [-0.3, -0.25) is 0 Å². The molecule has 0 saturated heterocycles. The van der Waals surface area contributed by atoms with Crippen LogP contribution in [0.5, 0.6) is 0 Å². The van der Waals surface area contributed by atoms with E-state index in [2.05, 4.69) is 4.98 Å². The van der Waals surface area contributed by atoms with Gasteiger partial charge in [-0.25, -0.2) is 9.78 Å². The van der Waals surface area contributed by atoms with E-state index in [9.17, 15) is 4.79 Å². The highest BCUT2D eigenvalue weighted by atomic mass is 16.5. The highest BCUT2D eigenvalue weighted by Crippen LogP contribution is 2.30. The molecule has 0 amide bonds. The summed E-state index contributed by atoms with van der Waals surface area (Å²) in [5.74, 6) is 0.488. The fraction of sp³-hybridized carbons (Fsp3) is 0.333. The van der Waals surface area contributed by atoms with Crippen LogP contribution in [0.15, 0.2) is 34.7 Å². The summed E-state index contributed by atoms with van der Waals surface area (Å²) in [4.78, 5) is 16.1. The maximum absolute atomic E-state index is 11.8. The van der Waals surface area contributed by atoms with Crippen molar-refractivity contribution in [1.82, 2.24) is 4.98 Å². The van der Waals surface area contributed by atoms with Crippen molar-refractivity contribution in [1.29, 1.82) is 0 Å². The maximum Gasteiger partial charge on any atom is 0.360 e. The molecule has 1 aromatic carbocycles. The number of hydrogen-bond donors (Lipinski definition) is 0. The van der Waals surface area contributed by atoms with Crippen molar-refractivity contribution in [3.63, 3.8) is 0 Å². The second-order valence-corrected chi connectivity index (χ2v) is 5.30. The molecule has 4 heteroatoms. The molecule has 2 aromatic rings. The van der Waals surface area contributed by atoms with Gasteiger partial charge < -0.3 is 9.15 Å². The molecular weight excluding hydrogens is 242 g/mol. The Balaban J connectivity index is 2.59. The van der Waals surface area contributed by atoms with E-state index in [1.807, 2.05) is 51.1 Å². The molecule has 0 N–H and O–H groups in total. The van der Waals surface area contributed by atoms with E-state index in [1.165, 1.54) is 7.11 Å². The lowest BCUT2D eigenvalue weighted by Crippen LogP contribution is -2.12.